The molecule has 5 aliphatic carbocycles. The maximum atomic E-state index is 13.6. The molecule has 0 aromatic rings. The minimum absolute atomic E-state index is 0.00870. The molecule has 6 rings (SSSR count). The van der Waals surface area contributed by atoms with Crippen LogP contribution in [0.15, 0.2) is 11.6 Å². The molecule has 1 saturated heterocycles. The van der Waals surface area contributed by atoms with Crippen molar-refractivity contribution in [1.82, 2.24) is 0 Å². The molecular formula is C37H60O11. The number of hydrogen-bond donors (Lipinski definition) is 7. The van der Waals surface area contributed by atoms with E-state index in [4.69, 9.17) is 14.2 Å². The average molecular weight is 681 g/mol. The summed E-state index contributed by atoms with van der Waals surface area (Å²) in [7, 11) is 1.42. The highest BCUT2D eigenvalue weighted by molar-refractivity contribution is 5.79. The molecule has 1 heterocycles. The maximum Gasteiger partial charge on any atom is 0.315 e. The molecule has 0 amide bonds. The van der Waals surface area contributed by atoms with Crippen LogP contribution in [0.3, 0.4) is 0 Å². The van der Waals surface area contributed by atoms with Crippen LogP contribution in [0.1, 0.15) is 92.9 Å². The van der Waals surface area contributed by atoms with E-state index in [1.807, 2.05) is 6.92 Å². The second kappa shape index (κ2) is 12.0. The molecule has 48 heavy (non-hydrogen) atoms. The Bertz CT molecular complexity index is 1290. The molecular weight excluding hydrogens is 620 g/mol. The summed E-state index contributed by atoms with van der Waals surface area (Å²) in [5, 5.41) is 76.2. The number of aliphatic hydroxyl groups excluding tert-OH is 7. The molecule has 11 heteroatoms. The van der Waals surface area contributed by atoms with E-state index >= 15 is 0 Å². The van der Waals surface area contributed by atoms with Gasteiger partial charge in [-0.25, -0.2) is 0 Å². The molecule has 11 nitrogen and oxygen atoms in total. The molecule has 1 aliphatic heterocycles. The Morgan fingerprint density at radius 2 is 1.58 bits per heavy atom. The molecule has 0 unspecified atom stereocenters. The lowest BCUT2D eigenvalue weighted by molar-refractivity contribution is -0.345. The predicted molar refractivity (Wildman–Crippen MR) is 174 cm³/mol. The van der Waals surface area contributed by atoms with Gasteiger partial charge >= 0.3 is 5.97 Å². The summed E-state index contributed by atoms with van der Waals surface area (Å²) in [5.41, 5.74) is -1.80. The minimum Gasteiger partial charge on any atom is -0.468 e. The number of aliphatic hydroxyl groups is 7. The first-order valence-electron chi connectivity index (χ1n) is 18.0. The van der Waals surface area contributed by atoms with Gasteiger partial charge in [-0.15, -0.1) is 0 Å². The number of carbonyl (C=O) groups is 1. The summed E-state index contributed by atoms with van der Waals surface area (Å²) in [4.78, 5) is 13.6. The van der Waals surface area contributed by atoms with Gasteiger partial charge < -0.3 is 50.0 Å². The van der Waals surface area contributed by atoms with Gasteiger partial charge in [0.1, 0.15) is 29.8 Å². The third-order valence-corrected chi connectivity index (χ3v) is 15.4. The summed E-state index contributed by atoms with van der Waals surface area (Å²) in [5.74, 6) is -0.468. The van der Waals surface area contributed by atoms with Crippen molar-refractivity contribution in [2.45, 2.75) is 142 Å². The van der Waals surface area contributed by atoms with Gasteiger partial charge in [-0.3, -0.25) is 4.79 Å². The van der Waals surface area contributed by atoms with E-state index < -0.39 is 77.3 Å². The summed E-state index contributed by atoms with van der Waals surface area (Å²) in [6, 6.07) is 0. The van der Waals surface area contributed by atoms with Crippen LogP contribution < -0.4 is 0 Å². The molecule has 0 radical (unpaired) electrons. The topological polar surface area (TPSA) is 186 Å². The van der Waals surface area contributed by atoms with E-state index in [0.717, 1.165) is 32.1 Å². The van der Waals surface area contributed by atoms with E-state index in [-0.39, 0.29) is 41.2 Å². The monoisotopic (exact) mass is 680 g/mol. The summed E-state index contributed by atoms with van der Waals surface area (Å²) < 4.78 is 17.3. The lowest BCUT2D eigenvalue weighted by atomic mass is 9.33. The molecule has 0 spiro atoms. The third kappa shape index (κ3) is 4.81. The molecule has 4 saturated carbocycles. The Morgan fingerprint density at radius 3 is 2.21 bits per heavy atom. The fraction of sp³-hybridized carbons (Fsp3) is 0.919. The lowest BCUT2D eigenvalue weighted by Crippen LogP contribution is -2.70. The number of allylic oxidation sites excluding steroid dienone is 2. The lowest BCUT2D eigenvalue weighted by Gasteiger charge is -2.72. The van der Waals surface area contributed by atoms with Crippen molar-refractivity contribution >= 4 is 5.97 Å². The van der Waals surface area contributed by atoms with Crippen molar-refractivity contribution in [3.63, 3.8) is 0 Å². The number of ether oxygens (including phenoxy) is 3. The molecule has 274 valence electrons. The van der Waals surface area contributed by atoms with Gasteiger partial charge in [-0.05, 0) is 90.8 Å². The zero-order valence-electron chi connectivity index (χ0n) is 29.8. The van der Waals surface area contributed by atoms with Crippen molar-refractivity contribution < 1.29 is 54.8 Å². The second-order valence-corrected chi connectivity index (χ2v) is 18.2. The zero-order valence-corrected chi connectivity index (χ0v) is 29.8. The van der Waals surface area contributed by atoms with Crippen LogP contribution in [0.4, 0.5) is 0 Å². The fourth-order valence-corrected chi connectivity index (χ4v) is 12.6. The highest BCUT2D eigenvalue weighted by Crippen LogP contribution is 2.76. The molecule has 7 N–H and O–H groups in total. The van der Waals surface area contributed by atoms with Crippen molar-refractivity contribution in [3.05, 3.63) is 11.6 Å². The van der Waals surface area contributed by atoms with Gasteiger partial charge in [0.25, 0.3) is 0 Å². The smallest absolute Gasteiger partial charge is 0.315 e. The molecule has 0 aromatic carbocycles. The van der Waals surface area contributed by atoms with Gasteiger partial charge in [0.05, 0.1) is 38.6 Å². The fourth-order valence-electron chi connectivity index (χ4n) is 12.6. The van der Waals surface area contributed by atoms with Crippen LogP contribution in [0.5, 0.6) is 0 Å². The maximum absolute atomic E-state index is 13.6. The van der Waals surface area contributed by atoms with Crippen molar-refractivity contribution in [2.75, 3.05) is 20.3 Å². The van der Waals surface area contributed by atoms with Crippen molar-refractivity contribution in [3.8, 4) is 0 Å². The van der Waals surface area contributed by atoms with Gasteiger partial charge in [0.15, 0.2) is 6.29 Å². The first kappa shape index (κ1) is 36.6. The van der Waals surface area contributed by atoms with Crippen molar-refractivity contribution in [1.29, 1.82) is 0 Å². The van der Waals surface area contributed by atoms with Gasteiger partial charge in [0.2, 0.25) is 0 Å². The minimum atomic E-state index is -1.62. The van der Waals surface area contributed by atoms with E-state index in [0.29, 0.717) is 19.3 Å². The number of esters is 1. The Morgan fingerprint density at radius 1 is 0.896 bits per heavy atom. The Balaban J connectivity index is 1.36. The van der Waals surface area contributed by atoms with E-state index in [1.165, 1.54) is 12.7 Å². The number of carbonyl (C=O) groups excluding carboxylic acids is 1. The van der Waals surface area contributed by atoms with Crippen LogP contribution in [0.2, 0.25) is 0 Å². The first-order chi connectivity index (χ1) is 22.3. The van der Waals surface area contributed by atoms with Crippen LogP contribution >= 0.6 is 0 Å². The average Bonchev–Trinajstić information content (AvgIpc) is 3.02. The second-order valence-electron chi connectivity index (χ2n) is 18.2. The van der Waals surface area contributed by atoms with Crippen LogP contribution in [0.25, 0.3) is 0 Å². The number of hydrogen-bond acceptors (Lipinski definition) is 11. The molecule has 6 aliphatic rings. The van der Waals surface area contributed by atoms with Crippen LogP contribution in [-0.4, -0.2) is 111 Å². The number of rotatable bonds is 5. The molecule has 0 bridgehead atoms. The van der Waals surface area contributed by atoms with Gasteiger partial charge in [-0.1, -0.05) is 53.2 Å². The van der Waals surface area contributed by atoms with Gasteiger partial charge in [0, 0.05) is 5.41 Å². The van der Waals surface area contributed by atoms with E-state index in [9.17, 15) is 40.5 Å². The molecule has 5 fully saturated rings. The summed E-state index contributed by atoms with van der Waals surface area (Å²) in [6.45, 7) is 12.3. The highest BCUT2D eigenvalue weighted by atomic mass is 16.7. The Hall–Kier alpha value is -1.15. The third-order valence-electron chi connectivity index (χ3n) is 15.4. The first-order valence-corrected chi connectivity index (χ1v) is 18.0. The highest BCUT2D eigenvalue weighted by Gasteiger charge is 2.72. The standard InChI is InChI=1S/C37H60O11/c1-32(2)12-13-37(31(45)46-7)20(14-32)19-8-9-24-33(3)15-21(40)29(48-30-28(44)27(43)26(42)22(17-38)47-30)34(4,18-39)23(33)10-11-35(24,5)36(19,6)16-25(37)41/h8,20-30,38-44H,9-18H2,1-7H3/t20-,21-,22+,23+,24+,25+,26+,27-,28+,29-,30-,33-,34-,35+,36+,37+/m0/s1. The summed E-state index contributed by atoms with van der Waals surface area (Å²) in [6.07, 6.45) is -2.61. The van der Waals surface area contributed by atoms with Gasteiger partial charge in [-0.2, -0.15) is 0 Å². The van der Waals surface area contributed by atoms with Crippen molar-refractivity contribution in [2.24, 2.45) is 50.2 Å². The SMILES string of the molecule is COC(=O)[C@]12CCC(C)(C)C[C@H]1C1=CC[C@@H]3[C@@]4(C)C[C@H](O)[C@H](O[C@@H]5O[C@H](CO)[C@@H](O)[C@H](O)[C@H]5O)[C@@](C)(CO)[C@@H]4CC[C@@]3(C)[C@]1(C)C[C@H]2O. The van der Waals surface area contributed by atoms with E-state index in [2.05, 4.69) is 40.7 Å². The number of fused-ring (bicyclic) bond motifs is 7. The molecule has 16 atom stereocenters. The zero-order chi connectivity index (χ0) is 35.4. The number of methoxy groups -OCH3 is 1. The van der Waals surface area contributed by atoms with Crippen LogP contribution in [0, 0.1) is 50.2 Å². The Labute approximate surface area is 284 Å². The quantitative estimate of drug-likeness (QED) is 0.128. The summed E-state index contributed by atoms with van der Waals surface area (Å²) >= 11 is 0. The normalized spacial score (nSPS) is 54.5. The Kier molecular flexibility index (Phi) is 9.12. The predicted octanol–water partition coefficient (Wildman–Crippen LogP) is 2.06. The van der Waals surface area contributed by atoms with E-state index in [1.54, 1.807) is 0 Å². The van der Waals surface area contributed by atoms with Crippen LogP contribution in [-0.2, 0) is 19.0 Å². The largest absolute Gasteiger partial charge is 0.468 e. The molecule has 0 aromatic heterocycles.